The molecule has 3 heterocycles. The molecule has 0 bridgehead atoms. The molecule has 3 aliphatic heterocycles. The van der Waals surface area contributed by atoms with Gasteiger partial charge in [0.2, 0.25) is 100 Å². The molecule has 0 spiro atoms. The van der Waals surface area contributed by atoms with Crippen LogP contribution in [-0.4, -0.2) is 301 Å². The van der Waals surface area contributed by atoms with E-state index in [2.05, 4.69) is 69.0 Å². The van der Waals surface area contributed by atoms with E-state index in [1.165, 1.54) is 39.8 Å². The first-order valence-corrected chi connectivity index (χ1v) is 48.6. The Morgan fingerprint density at radius 1 is 0.496 bits per heavy atom. The average molecular weight is 1970 g/mol. The smallest absolute Gasteiger partial charge is 0.303 e. The number of carboxylic acid groups (broad SMARTS) is 1. The van der Waals surface area contributed by atoms with Crippen LogP contribution in [0.2, 0.25) is 0 Å². The summed E-state index contributed by atoms with van der Waals surface area (Å²) in [6.07, 6.45) is -3.85. The van der Waals surface area contributed by atoms with E-state index in [-0.39, 0.29) is 83.3 Å². The summed E-state index contributed by atoms with van der Waals surface area (Å²) in [4.78, 5) is 268. The van der Waals surface area contributed by atoms with Gasteiger partial charge in [-0.1, -0.05) is 159 Å². The van der Waals surface area contributed by atoms with E-state index < -0.39 is 240 Å². The average Bonchev–Trinajstić information content (AvgIpc) is 1.76. The van der Waals surface area contributed by atoms with E-state index in [9.17, 15) is 82.4 Å². The zero-order valence-corrected chi connectivity index (χ0v) is 82.9. The van der Waals surface area contributed by atoms with Gasteiger partial charge in [-0.05, 0) is 165 Å². The fourth-order valence-electron chi connectivity index (χ4n) is 16.1. The number of aliphatic hydroxyl groups excluding tert-OH is 2. The second kappa shape index (κ2) is 54.2. The number of oxime groups is 1. The third kappa shape index (κ3) is 34.7. The Bertz CT molecular complexity index is 5220. The van der Waals surface area contributed by atoms with E-state index in [0.717, 1.165) is 62.6 Å². The lowest BCUT2D eigenvalue weighted by atomic mass is 9.99. The quantitative estimate of drug-likeness (QED) is 0.0192. The number of nitrogens with one attached hydrogen (secondary N) is 12. The number of likely N-dealkylation sites (N-methyl/N-ethyl adjacent to an activating group) is 2. The van der Waals surface area contributed by atoms with Crippen molar-refractivity contribution in [2.24, 2.45) is 16.8 Å². The van der Waals surface area contributed by atoms with Crippen LogP contribution >= 0.6 is 11.8 Å². The molecule has 141 heavy (non-hydrogen) atoms. The predicted molar refractivity (Wildman–Crippen MR) is 525 cm³/mol. The van der Waals surface area contributed by atoms with Crippen molar-refractivity contribution in [3.63, 3.8) is 0 Å². The minimum absolute atomic E-state index is 0.0110. The number of fused-ring (bicyclic) bond motifs is 2. The van der Waals surface area contributed by atoms with E-state index in [1.54, 1.807) is 99.6 Å². The Morgan fingerprint density at radius 3 is 1.44 bits per heavy atom. The van der Waals surface area contributed by atoms with Gasteiger partial charge in [0.15, 0.2) is 0 Å². The number of benzene rings is 5. The van der Waals surface area contributed by atoms with Crippen molar-refractivity contribution < 1.29 is 106 Å². The van der Waals surface area contributed by atoms with Crippen LogP contribution in [0.3, 0.4) is 0 Å². The number of rotatable bonds is 28. The van der Waals surface area contributed by atoms with Gasteiger partial charge < -0.3 is 109 Å². The van der Waals surface area contributed by atoms with Crippen molar-refractivity contribution in [2.75, 3.05) is 51.8 Å². The summed E-state index contributed by atoms with van der Waals surface area (Å²) < 4.78 is 0. The summed E-state index contributed by atoms with van der Waals surface area (Å²) >= 11 is 0.784. The summed E-state index contributed by atoms with van der Waals surface area (Å²) in [6, 6.07) is 19.4. The summed E-state index contributed by atoms with van der Waals surface area (Å²) in [5.41, 5.74) is 10.6. The molecule has 8 rings (SSSR count). The van der Waals surface area contributed by atoms with Gasteiger partial charge in [0.25, 0.3) is 0 Å². The number of aliphatic carboxylic acids is 1. The summed E-state index contributed by atoms with van der Waals surface area (Å²) in [5, 5.41) is 68.0. The molecule has 3 fully saturated rings. The van der Waals surface area contributed by atoms with Crippen molar-refractivity contribution in [2.45, 2.75) is 268 Å². The van der Waals surface area contributed by atoms with E-state index in [0.29, 0.717) is 41.7 Å². The molecule has 17 N–H and O–H groups in total. The molecule has 3 aliphatic rings. The molecule has 0 aromatic heterocycles. The van der Waals surface area contributed by atoms with Crippen LogP contribution < -0.4 is 69.5 Å². The second-order valence-corrected chi connectivity index (χ2v) is 38.2. The van der Waals surface area contributed by atoms with Gasteiger partial charge in [0.1, 0.15) is 90.2 Å². The van der Waals surface area contributed by atoms with Gasteiger partial charge in [-0.15, -0.1) is 11.8 Å². The SMILES string of the molecule is C/C(CCC(=O)NCCCC[C@H](NC(=O)CNC(=O)[C@@H]1CSCC(=O)N[C@@H](Cc2ccccc2)C(=O)N[C@@H](C(C)C)C(=O)N2CCC[C@H]2C(=O)N[C@@H]([C@@H](C)O)C(=O)N[C@@H]([C@@H](C)O)C(=O)N[C@@H](Cc2ccc(-c3ccccc3)cc2)C(=O)N(C)[C@@H](C)C(=O)N[C@@H](Cc2ccc(-c3ccccc3)cc2)C(=O)N(C)[C@@H](C)C(=O)N[C@@H](CCC(=O)O)C(=O)N[C@@H](C)C(=O)N2CCC[C@H]2C(=O)N1)C(N)=O)=N/OC(C)(C)C. The van der Waals surface area contributed by atoms with Crippen molar-refractivity contribution in [1.29, 1.82) is 0 Å². The lowest BCUT2D eigenvalue weighted by Crippen LogP contribution is -2.63. The Hall–Kier alpha value is -13.7. The molecule has 0 aliphatic carbocycles. The Morgan fingerprint density at radius 2 is 0.943 bits per heavy atom. The van der Waals surface area contributed by atoms with Gasteiger partial charge in [-0.2, -0.15) is 0 Å². The zero-order valence-electron chi connectivity index (χ0n) is 82.1. The Kier molecular flexibility index (Phi) is 43.3. The van der Waals surface area contributed by atoms with Crippen molar-refractivity contribution in [1.82, 2.24) is 83.4 Å². The molecule has 17 amide bonds. The molecule has 3 saturated heterocycles. The minimum Gasteiger partial charge on any atom is -0.481 e. The maximum atomic E-state index is 15.3. The predicted octanol–water partition coefficient (Wildman–Crippen LogP) is 1.48. The number of hydrogen-bond acceptors (Lipinski definition) is 23. The van der Waals surface area contributed by atoms with Gasteiger partial charge in [0.05, 0.1) is 30.2 Å². The minimum atomic E-state index is -1.94. The van der Waals surface area contributed by atoms with E-state index in [4.69, 9.17) is 10.6 Å². The highest BCUT2D eigenvalue weighted by Gasteiger charge is 2.45. The highest BCUT2D eigenvalue weighted by Crippen LogP contribution is 2.27. The normalized spacial score (nSPS) is 23.6. The van der Waals surface area contributed by atoms with Gasteiger partial charge in [0, 0.05) is 71.6 Å². The number of thioether (sulfide) groups is 1. The fraction of sp³-hybridized carbons (Fsp3) is 0.510. The topological polar surface area (TPSA) is 573 Å². The van der Waals surface area contributed by atoms with E-state index in [1.807, 2.05) is 81.4 Å². The molecule has 0 unspecified atom stereocenters. The highest BCUT2D eigenvalue weighted by molar-refractivity contribution is 8.00. The number of primary amides is 1. The number of nitrogens with two attached hydrogens (primary N) is 1. The molecular formula is C100H136N18O22S. The first-order chi connectivity index (χ1) is 66.8. The van der Waals surface area contributed by atoms with E-state index >= 15 is 19.2 Å². The molecule has 764 valence electrons. The summed E-state index contributed by atoms with van der Waals surface area (Å²) in [5.74, 6) is -18.4. The van der Waals surface area contributed by atoms with Crippen molar-refractivity contribution >= 4 is 124 Å². The number of hydrogen-bond donors (Lipinski definition) is 16. The first-order valence-electron chi connectivity index (χ1n) is 47.5. The lowest BCUT2D eigenvalue weighted by Gasteiger charge is -2.33. The fourth-order valence-corrected chi connectivity index (χ4v) is 16.9. The van der Waals surface area contributed by atoms with Gasteiger partial charge in [-0.25, -0.2) is 0 Å². The first kappa shape index (κ1) is 113. The third-order valence-electron chi connectivity index (χ3n) is 24.5. The molecule has 16 atom stereocenters. The van der Waals surface area contributed by atoms with Gasteiger partial charge >= 0.3 is 5.97 Å². The number of carbonyl (C=O) groups excluding carboxylic acids is 17. The number of amides is 17. The van der Waals surface area contributed by atoms with Crippen LogP contribution in [0.1, 0.15) is 163 Å². The molecule has 40 nitrogen and oxygen atoms in total. The van der Waals surface area contributed by atoms with Crippen LogP contribution in [0.15, 0.2) is 145 Å². The monoisotopic (exact) mass is 1970 g/mol. The second-order valence-electron chi connectivity index (χ2n) is 37.2. The third-order valence-corrected chi connectivity index (χ3v) is 25.5. The molecule has 5 aromatic rings. The Labute approximate surface area is 825 Å². The summed E-state index contributed by atoms with van der Waals surface area (Å²) in [7, 11) is 2.49. The molecule has 5 aromatic carbocycles. The maximum Gasteiger partial charge on any atom is 0.303 e. The molecule has 0 radical (unpaired) electrons. The van der Waals surface area contributed by atoms with Crippen LogP contribution in [0.4, 0.5) is 0 Å². The summed E-state index contributed by atoms with van der Waals surface area (Å²) in [6.45, 7) is 16.0. The number of carbonyl (C=O) groups is 18. The Balaban J connectivity index is 1.11. The lowest BCUT2D eigenvalue weighted by molar-refractivity contribution is -0.145. The number of nitrogens with zero attached hydrogens (tertiary/aromatic N) is 5. The zero-order chi connectivity index (χ0) is 104. The standard InChI is InChI=1S/C100H136N18O22S/c1-57(2)83-99(139)118-50-26-35-78(118)93(133)112-85(63(8)120)95(135)113-84(62(7)119)94(134)109-75(53-66-39-43-70(44-40-66)68-31-21-16-22-32-68)98(138)116(13)61(6)88(128)108-74(52-65-37-41-69(42-38-65)67-29-19-15-20-30-67)97(137)115(12)60(5)87(127)107-72(45-47-82(124)125)90(130)104-59(4)96(136)117-49-25-34-77(117)92(132)110-76(55-141-56-81(123)106-73(91(131)111-83)51-64-27-17-14-18-28-64)89(129)103-54-80(122)105-71(86(101)126)33-23-24-48-102-79(121)46-36-58(3)114-140-100(9,10)11/h14-22,27-32,37-44,57,59-63,71-78,83-85,119-120H,23-26,33-36,45-56H2,1-13H3,(H2,101,126)(H,102,121)(H,103,129)(H,104,130)(H,105,122)(H,106,123)(H,107,127)(H,108,128)(H,109,134)(H,110,132)(H,111,131)(H,112,133)(H,113,135)(H,124,125)/b114-58-/t59-,60-,61-,62+,63+,71-,72-,73-,74-,75-,76-,77-,78-,83-,84-,85-/m0/s1. The highest BCUT2D eigenvalue weighted by atomic mass is 32.2. The largest absolute Gasteiger partial charge is 0.481 e. The van der Waals surface area contributed by atoms with Crippen LogP contribution in [0.5, 0.6) is 0 Å². The van der Waals surface area contributed by atoms with Crippen molar-refractivity contribution in [3.05, 3.63) is 156 Å². The van der Waals surface area contributed by atoms with Crippen LogP contribution in [-0.2, 0) is 110 Å². The number of unbranched alkanes of at least 4 members (excludes halogenated alkanes) is 1. The molecule has 41 heteroatoms. The molecular weight excluding hydrogens is 1840 g/mol. The van der Waals surface area contributed by atoms with Gasteiger partial charge in [-0.3, -0.25) is 86.3 Å². The molecule has 0 saturated carbocycles. The maximum absolute atomic E-state index is 15.3. The van der Waals surface area contributed by atoms with Crippen LogP contribution in [0, 0.1) is 5.92 Å². The number of carboxylic acids is 1. The number of aliphatic hydroxyl groups is 2. The van der Waals surface area contributed by atoms with Crippen LogP contribution in [0.25, 0.3) is 22.3 Å². The van der Waals surface area contributed by atoms with Crippen molar-refractivity contribution in [3.8, 4) is 22.3 Å².